The Hall–Kier alpha value is -2.63. The number of carbonyl (C=O) groups is 2. The third-order valence-electron chi connectivity index (χ3n) is 5.34. The molecule has 0 unspecified atom stereocenters. The first-order chi connectivity index (χ1) is 14.5. The highest BCUT2D eigenvalue weighted by molar-refractivity contribution is 6.31. The molecule has 158 valence electrons. The lowest BCUT2D eigenvalue weighted by Crippen LogP contribution is -2.50. The maximum Gasteiger partial charge on any atom is 0.246 e. The van der Waals surface area contributed by atoms with Crippen LogP contribution < -0.4 is 5.32 Å². The van der Waals surface area contributed by atoms with Gasteiger partial charge in [0, 0.05) is 43.0 Å². The quantitative estimate of drug-likeness (QED) is 0.711. The van der Waals surface area contributed by atoms with Crippen molar-refractivity contribution in [3.63, 3.8) is 0 Å². The Morgan fingerprint density at radius 3 is 2.53 bits per heavy atom. The van der Waals surface area contributed by atoms with Gasteiger partial charge in [-0.25, -0.2) is 0 Å². The smallest absolute Gasteiger partial charge is 0.246 e. The summed E-state index contributed by atoms with van der Waals surface area (Å²) in [6, 6.07) is 13.6. The van der Waals surface area contributed by atoms with Gasteiger partial charge in [0.05, 0.1) is 6.54 Å². The Labute approximate surface area is 183 Å². The van der Waals surface area contributed by atoms with Crippen LogP contribution in [0.2, 0.25) is 5.02 Å². The number of nitrogens with one attached hydrogen (secondary N) is 1. The molecule has 2 aromatic carbocycles. The second-order valence-electron chi connectivity index (χ2n) is 7.50. The first-order valence-corrected chi connectivity index (χ1v) is 10.7. The first-order valence-electron chi connectivity index (χ1n) is 10.3. The van der Waals surface area contributed by atoms with Gasteiger partial charge in [0.2, 0.25) is 11.8 Å². The SMILES string of the molecule is CCc1ccccc1NC(=O)CN1CCN(C(=O)/C=C/c2ccc(C)c(Cl)c2)CC1. The zero-order valence-electron chi connectivity index (χ0n) is 17.5. The Morgan fingerprint density at radius 2 is 1.83 bits per heavy atom. The summed E-state index contributed by atoms with van der Waals surface area (Å²) in [6.07, 6.45) is 4.25. The first kappa shape index (κ1) is 22.1. The monoisotopic (exact) mass is 425 g/mol. The van der Waals surface area contributed by atoms with E-state index in [-0.39, 0.29) is 11.8 Å². The van der Waals surface area contributed by atoms with Gasteiger partial charge in [0.1, 0.15) is 0 Å². The number of rotatable bonds is 6. The fourth-order valence-electron chi connectivity index (χ4n) is 3.46. The van der Waals surface area contributed by atoms with E-state index in [4.69, 9.17) is 11.6 Å². The molecule has 1 fully saturated rings. The molecule has 0 radical (unpaired) electrons. The number of piperazine rings is 1. The lowest BCUT2D eigenvalue weighted by atomic mass is 10.1. The normalized spacial score (nSPS) is 14.8. The summed E-state index contributed by atoms with van der Waals surface area (Å²) >= 11 is 6.14. The minimum absolute atomic E-state index is 0.0207. The van der Waals surface area contributed by atoms with Crippen LogP contribution in [0, 0.1) is 6.92 Å². The third-order valence-corrected chi connectivity index (χ3v) is 5.74. The Kier molecular flexibility index (Phi) is 7.66. The highest BCUT2D eigenvalue weighted by Gasteiger charge is 2.21. The van der Waals surface area contributed by atoms with Crippen molar-refractivity contribution in [2.45, 2.75) is 20.3 Å². The summed E-state index contributed by atoms with van der Waals surface area (Å²) in [5.41, 5.74) is 3.92. The number of carbonyl (C=O) groups excluding carboxylic acids is 2. The average molecular weight is 426 g/mol. The summed E-state index contributed by atoms with van der Waals surface area (Å²) < 4.78 is 0. The number of benzene rings is 2. The molecule has 0 aromatic heterocycles. The minimum atomic E-state index is -0.0215. The topological polar surface area (TPSA) is 52.7 Å². The maximum atomic E-state index is 12.5. The average Bonchev–Trinajstić information content (AvgIpc) is 2.75. The molecule has 1 aliphatic heterocycles. The molecule has 1 saturated heterocycles. The molecule has 5 nitrogen and oxygen atoms in total. The molecule has 1 N–H and O–H groups in total. The lowest BCUT2D eigenvalue weighted by molar-refractivity contribution is -0.127. The number of nitrogens with zero attached hydrogens (tertiary/aromatic N) is 2. The van der Waals surface area contributed by atoms with Crippen LogP contribution >= 0.6 is 11.6 Å². The maximum absolute atomic E-state index is 12.5. The second-order valence-corrected chi connectivity index (χ2v) is 7.91. The fourth-order valence-corrected chi connectivity index (χ4v) is 3.64. The standard InChI is InChI=1S/C24H28ClN3O2/c1-3-20-6-4-5-7-22(20)26-23(29)17-27-12-14-28(15-13-27)24(30)11-10-19-9-8-18(2)21(25)16-19/h4-11,16H,3,12-15,17H2,1-2H3,(H,26,29)/b11-10+. The number of amides is 2. The van der Waals surface area contributed by atoms with Gasteiger partial charge in [-0.15, -0.1) is 0 Å². The van der Waals surface area contributed by atoms with Crippen molar-refractivity contribution in [1.29, 1.82) is 0 Å². The largest absolute Gasteiger partial charge is 0.337 e. The van der Waals surface area contributed by atoms with Crippen molar-refractivity contribution in [2.24, 2.45) is 0 Å². The van der Waals surface area contributed by atoms with Gasteiger partial charge in [0.15, 0.2) is 0 Å². The van der Waals surface area contributed by atoms with Crippen molar-refractivity contribution >= 4 is 35.2 Å². The molecule has 0 saturated carbocycles. The van der Waals surface area contributed by atoms with Crippen LogP contribution in [0.5, 0.6) is 0 Å². The van der Waals surface area contributed by atoms with Crippen molar-refractivity contribution < 1.29 is 9.59 Å². The van der Waals surface area contributed by atoms with E-state index in [1.807, 2.05) is 54.3 Å². The Bertz CT molecular complexity index is 934. The van der Waals surface area contributed by atoms with Crippen LogP contribution in [0.1, 0.15) is 23.6 Å². The molecule has 2 amide bonds. The number of anilines is 1. The van der Waals surface area contributed by atoms with Crippen LogP contribution in [0.25, 0.3) is 6.08 Å². The summed E-state index contributed by atoms with van der Waals surface area (Å²) in [7, 11) is 0. The van der Waals surface area contributed by atoms with Gasteiger partial charge in [0.25, 0.3) is 0 Å². The van der Waals surface area contributed by atoms with Crippen molar-refractivity contribution in [3.8, 4) is 0 Å². The van der Waals surface area contributed by atoms with E-state index in [9.17, 15) is 9.59 Å². The predicted octanol–water partition coefficient (Wildman–Crippen LogP) is 4.01. The molecule has 1 heterocycles. The number of halogens is 1. The zero-order valence-corrected chi connectivity index (χ0v) is 18.3. The highest BCUT2D eigenvalue weighted by Crippen LogP contribution is 2.18. The van der Waals surface area contributed by atoms with E-state index in [2.05, 4.69) is 17.1 Å². The van der Waals surface area contributed by atoms with E-state index in [1.54, 1.807) is 12.2 Å². The van der Waals surface area contributed by atoms with Crippen LogP contribution in [-0.4, -0.2) is 54.3 Å². The summed E-state index contributed by atoms with van der Waals surface area (Å²) in [4.78, 5) is 28.8. The molecule has 0 spiro atoms. The highest BCUT2D eigenvalue weighted by atomic mass is 35.5. The molecule has 2 aromatic rings. The molecule has 0 aliphatic carbocycles. The zero-order chi connectivity index (χ0) is 21.5. The van der Waals surface area contributed by atoms with Gasteiger partial charge in [-0.2, -0.15) is 0 Å². The molecule has 6 heteroatoms. The second kappa shape index (κ2) is 10.4. The van der Waals surface area contributed by atoms with E-state index in [0.717, 1.165) is 28.8 Å². The molecule has 0 bridgehead atoms. The molecular formula is C24H28ClN3O2. The fraction of sp³-hybridized carbons (Fsp3) is 0.333. The molecule has 0 atom stereocenters. The van der Waals surface area contributed by atoms with Crippen molar-refractivity contribution in [1.82, 2.24) is 9.80 Å². The Morgan fingerprint density at radius 1 is 1.10 bits per heavy atom. The number of hydrogen-bond donors (Lipinski definition) is 1. The van der Waals surface area contributed by atoms with E-state index in [0.29, 0.717) is 37.7 Å². The van der Waals surface area contributed by atoms with Crippen LogP contribution in [0.15, 0.2) is 48.5 Å². The third kappa shape index (κ3) is 5.94. The van der Waals surface area contributed by atoms with Crippen molar-refractivity contribution in [3.05, 3.63) is 70.3 Å². The lowest BCUT2D eigenvalue weighted by Gasteiger charge is -2.33. The van der Waals surface area contributed by atoms with E-state index < -0.39 is 0 Å². The number of aryl methyl sites for hydroxylation is 2. The summed E-state index contributed by atoms with van der Waals surface area (Å²) in [5, 5.41) is 3.70. The van der Waals surface area contributed by atoms with Gasteiger partial charge in [-0.3, -0.25) is 14.5 Å². The number of hydrogen-bond acceptors (Lipinski definition) is 3. The van der Waals surface area contributed by atoms with Crippen molar-refractivity contribution in [2.75, 3.05) is 38.0 Å². The van der Waals surface area contributed by atoms with Gasteiger partial charge >= 0.3 is 0 Å². The molecular weight excluding hydrogens is 398 g/mol. The van der Waals surface area contributed by atoms with E-state index in [1.165, 1.54) is 0 Å². The summed E-state index contributed by atoms with van der Waals surface area (Å²) in [5.74, 6) is -0.0421. The van der Waals surface area contributed by atoms with Gasteiger partial charge in [-0.1, -0.05) is 48.9 Å². The minimum Gasteiger partial charge on any atom is -0.337 e. The van der Waals surface area contributed by atoms with E-state index >= 15 is 0 Å². The Balaban J connectivity index is 1.47. The van der Waals surface area contributed by atoms with Gasteiger partial charge < -0.3 is 10.2 Å². The van der Waals surface area contributed by atoms with Crippen LogP contribution in [0.4, 0.5) is 5.69 Å². The molecule has 1 aliphatic rings. The molecule has 30 heavy (non-hydrogen) atoms. The molecule has 3 rings (SSSR count). The van der Waals surface area contributed by atoms with Crippen LogP contribution in [-0.2, 0) is 16.0 Å². The van der Waals surface area contributed by atoms with Crippen LogP contribution in [0.3, 0.4) is 0 Å². The predicted molar refractivity (Wildman–Crippen MR) is 123 cm³/mol. The number of para-hydroxylation sites is 1. The summed E-state index contributed by atoms with van der Waals surface area (Å²) in [6.45, 7) is 6.93. The van der Waals surface area contributed by atoms with Gasteiger partial charge in [-0.05, 0) is 48.2 Å².